The molecule has 0 aliphatic carbocycles. The Morgan fingerprint density at radius 3 is 2.72 bits per heavy atom. The third-order valence-corrected chi connectivity index (χ3v) is 3.95. The molecule has 1 atom stereocenters. The van der Waals surface area contributed by atoms with Crippen LogP contribution in [0.3, 0.4) is 0 Å². The van der Waals surface area contributed by atoms with Crippen LogP contribution in [0.25, 0.3) is 0 Å². The van der Waals surface area contributed by atoms with Gasteiger partial charge in [-0.25, -0.2) is 0 Å². The highest BCUT2D eigenvalue weighted by atomic mass is 16.1. The normalized spacial score (nSPS) is 24.3. The molecule has 1 aliphatic rings. The van der Waals surface area contributed by atoms with E-state index in [1.807, 2.05) is 6.07 Å². The first-order chi connectivity index (χ1) is 8.64. The maximum atomic E-state index is 12.1. The summed E-state index contributed by atoms with van der Waals surface area (Å²) in [5.74, 6) is 0.445. The average Bonchev–Trinajstić information content (AvgIpc) is 2.74. The van der Waals surface area contributed by atoms with Crippen LogP contribution >= 0.6 is 0 Å². The first kappa shape index (κ1) is 13.3. The number of rotatable bonds is 5. The molecule has 0 spiro atoms. The van der Waals surface area contributed by atoms with Crippen LogP contribution in [0, 0.1) is 5.41 Å². The zero-order valence-corrected chi connectivity index (χ0v) is 11.5. The zero-order valence-electron chi connectivity index (χ0n) is 11.5. The van der Waals surface area contributed by atoms with Gasteiger partial charge in [-0.1, -0.05) is 44.2 Å². The highest BCUT2D eigenvalue weighted by Gasteiger charge is 2.38. The molecule has 1 aliphatic heterocycles. The number of hydrogen-bond acceptors (Lipinski definition) is 2. The van der Waals surface area contributed by atoms with Crippen molar-refractivity contribution in [1.82, 2.24) is 4.90 Å². The minimum atomic E-state index is -0.106. The molecule has 1 aromatic carbocycles. The van der Waals surface area contributed by atoms with Gasteiger partial charge in [0.2, 0.25) is 0 Å². The van der Waals surface area contributed by atoms with Crippen molar-refractivity contribution in [2.24, 2.45) is 5.41 Å². The number of carbonyl (C=O) groups is 1. The van der Waals surface area contributed by atoms with Crippen molar-refractivity contribution in [1.29, 1.82) is 0 Å². The molecular formula is C16H23NO. The van der Waals surface area contributed by atoms with Crippen molar-refractivity contribution in [2.75, 3.05) is 13.1 Å². The van der Waals surface area contributed by atoms with Crippen molar-refractivity contribution >= 4 is 5.78 Å². The van der Waals surface area contributed by atoms with Gasteiger partial charge in [-0.15, -0.1) is 0 Å². The lowest BCUT2D eigenvalue weighted by molar-refractivity contribution is -0.127. The second-order valence-electron chi connectivity index (χ2n) is 5.68. The summed E-state index contributed by atoms with van der Waals surface area (Å²) in [5, 5.41) is 0. The van der Waals surface area contributed by atoms with Crippen LogP contribution in [0.2, 0.25) is 0 Å². The molecule has 0 saturated carbocycles. The topological polar surface area (TPSA) is 20.3 Å². The zero-order chi connectivity index (χ0) is 13.0. The molecule has 2 heteroatoms. The van der Waals surface area contributed by atoms with Gasteiger partial charge < -0.3 is 0 Å². The van der Waals surface area contributed by atoms with Gasteiger partial charge in [0, 0.05) is 24.9 Å². The van der Waals surface area contributed by atoms with Crippen LogP contribution in [0.4, 0.5) is 0 Å². The van der Waals surface area contributed by atoms with E-state index >= 15 is 0 Å². The van der Waals surface area contributed by atoms with Crippen molar-refractivity contribution in [3.8, 4) is 0 Å². The third-order valence-electron chi connectivity index (χ3n) is 3.95. The van der Waals surface area contributed by atoms with E-state index in [0.717, 1.165) is 38.9 Å². The lowest BCUT2D eigenvalue weighted by Crippen LogP contribution is -2.31. The van der Waals surface area contributed by atoms with Gasteiger partial charge >= 0.3 is 0 Å². The van der Waals surface area contributed by atoms with E-state index in [0.29, 0.717) is 5.78 Å². The Labute approximate surface area is 110 Å². The molecule has 1 heterocycles. The fourth-order valence-corrected chi connectivity index (χ4v) is 2.79. The molecule has 0 bridgehead atoms. The molecule has 1 fully saturated rings. The quantitative estimate of drug-likeness (QED) is 0.793. The second kappa shape index (κ2) is 5.66. The third kappa shape index (κ3) is 2.99. The molecule has 18 heavy (non-hydrogen) atoms. The van der Waals surface area contributed by atoms with Crippen molar-refractivity contribution in [3.63, 3.8) is 0 Å². The highest BCUT2D eigenvalue weighted by molar-refractivity contribution is 5.85. The summed E-state index contributed by atoms with van der Waals surface area (Å²) >= 11 is 0. The lowest BCUT2D eigenvalue weighted by Gasteiger charge is -2.23. The molecule has 1 unspecified atom stereocenters. The minimum absolute atomic E-state index is 0.106. The van der Waals surface area contributed by atoms with E-state index in [1.54, 1.807) is 0 Å². The van der Waals surface area contributed by atoms with Crippen molar-refractivity contribution in [2.45, 2.75) is 39.7 Å². The molecule has 1 saturated heterocycles. The van der Waals surface area contributed by atoms with E-state index < -0.39 is 0 Å². The average molecular weight is 245 g/mol. The molecule has 0 radical (unpaired) electrons. The van der Waals surface area contributed by atoms with E-state index in [1.165, 1.54) is 5.56 Å². The van der Waals surface area contributed by atoms with E-state index in [2.05, 4.69) is 43.0 Å². The van der Waals surface area contributed by atoms with Gasteiger partial charge in [0.05, 0.1) is 0 Å². The molecule has 0 aromatic heterocycles. The number of likely N-dealkylation sites (tertiary alicyclic amines) is 1. The summed E-state index contributed by atoms with van der Waals surface area (Å²) in [6.07, 6.45) is 2.71. The summed E-state index contributed by atoms with van der Waals surface area (Å²) in [5.41, 5.74) is 1.23. The maximum absolute atomic E-state index is 12.1. The minimum Gasteiger partial charge on any atom is -0.299 e. The Hall–Kier alpha value is -1.15. The summed E-state index contributed by atoms with van der Waals surface area (Å²) in [4.78, 5) is 14.5. The summed E-state index contributed by atoms with van der Waals surface area (Å²) in [7, 11) is 0. The van der Waals surface area contributed by atoms with Crippen LogP contribution in [-0.4, -0.2) is 23.8 Å². The number of nitrogens with zero attached hydrogens (tertiary/aromatic N) is 1. The smallest absolute Gasteiger partial charge is 0.140 e. The van der Waals surface area contributed by atoms with Gasteiger partial charge in [0.25, 0.3) is 0 Å². The first-order valence-electron chi connectivity index (χ1n) is 6.93. The Morgan fingerprint density at radius 1 is 1.33 bits per heavy atom. The van der Waals surface area contributed by atoms with Crippen LogP contribution in [0.1, 0.15) is 38.7 Å². The summed E-state index contributed by atoms with van der Waals surface area (Å²) < 4.78 is 0. The summed E-state index contributed by atoms with van der Waals surface area (Å²) in [6.45, 7) is 7.14. The van der Waals surface area contributed by atoms with Crippen molar-refractivity contribution in [3.05, 3.63) is 35.9 Å². The van der Waals surface area contributed by atoms with Gasteiger partial charge in [0.1, 0.15) is 5.78 Å². The van der Waals surface area contributed by atoms with Crippen LogP contribution < -0.4 is 0 Å². The molecule has 2 nitrogen and oxygen atoms in total. The van der Waals surface area contributed by atoms with Gasteiger partial charge in [-0.05, 0) is 24.9 Å². The predicted octanol–water partition coefficient (Wildman–Crippen LogP) is 3.27. The lowest BCUT2D eigenvalue weighted by atomic mass is 9.83. The molecule has 98 valence electrons. The monoisotopic (exact) mass is 245 g/mol. The Bertz CT molecular complexity index is 401. The van der Waals surface area contributed by atoms with E-state index in [4.69, 9.17) is 0 Å². The standard InChI is InChI=1S/C16H23NO/c1-3-7-15(18)16(2)10-11-17(13-16)12-14-8-5-4-6-9-14/h4-6,8-9H,3,7,10-13H2,1-2H3. The number of Topliss-reactive ketones (excluding diaryl/α,β-unsaturated/α-hetero) is 1. The second-order valence-corrected chi connectivity index (χ2v) is 5.68. The van der Waals surface area contributed by atoms with Gasteiger partial charge in [-0.3, -0.25) is 9.69 Å². The number of benzene rings is 1. The Morgan fingerprint density at radius 2 is 2.06 bits per heavy atom. The van der Waals surface area contributed by atoms with Gasteiger partial charge in [-0.2, -0.15) is 0 Å². The Balaban J connectivity index is 1.94. The Kier molecular flexibility index (Phi) is 4.18. The maximum Gasteiger partial charge on any atom is 0.140 e. The first-order valence-corrected chi connectivity index (χ1v) is 6.93. The van der Waals surface area contributed by atoms with Crippen LogP contribution in [0.15, 0.2) is 30.3 Å². The SMILES string of the molecule is CCCC(=O)C1(C)CCN(Cc2ccccc2)C1. The molecule has 1 aromatic rings. The van der Waals surface area contributed by atoms with Gasteiger partial charge in [0.15, 0.2) is 0 Å². The number of hydrogen-bond donors (Lipinski definition) is 0. The largest absolute Gasteiger partial charge is 0.299 e. The van der Waals surface area contributed by atoms with Crippen LogP contribution in [0.5, 0.6) is 0 Å². The van der Waals surface area contributed by atoms with Crippen molar-refractivity contribution < 1.29 is 4.79 Å². The highest BCUT2D eigenvalue weighted by Crippen LogP contribution is 2.33. The summed E-state index contributed by atoms with van der Waals surface area (Å²) in [6, 6.07) is 10.5. The molecule has 0 amide bonds. The van der Waals surface area contributed by atoms with E-state index in [9.17, 15) is 4.79 Å². The number of carbonyl (C=O) groups excluding carboxylic acids is 1. The molecule has 0 N–H and O–H groups in total. The molecular weight excluding hydrogens is 222 g/mol. The van der Waals surface area contributed by atoms with E-state index in [-0.39, 0.29) is 5.41 Å². The fraction of sp³-hybridized carbons (Fsp3) is 0.562. The van der Waals surface area contributed by atoms with Crippen LogP contribution in [-0.2, 0) is 11.3 Å². The molecule has 2 rings (SSSR count). The number of ketones is 1. The predicted molar refractivity (Wildman–Crippen MR) is 74.4 cm³/mol. The fourth-order valence-electron chi connectivity index (χ4n) is 2.79.